The van der Waals surface area contributed by atoms with Crippen LogP contribution in [0.1, 0.15) is 17.3 Å². The van der Waals surface area contributed by atoms with Crippen molar-refractivity contribution in [1.29, 1.82) is 0 Å². The van der Waals surface area contributed by atoms with Crippen LogP contribution in [0.3, 0.4) is 0 Å². The van der Waals surface area contributed by atoms with Gasteiger partial charge < -0.3 is 16.0 Å². The quantitative estimate of drug-likeness (QED) is 0.593. The average molecular weight is 376 g/mol. The van der Waals surface area contributed by atoms with Gasteiger partial charge in [0.1, 0.15) is 0 Å². The molecule has 0 aliphatic rings. The summed E-state index contributed by atoms with van der Waals surface area (Å²) < 4.78 is 0. The maximum atomic E-state index is 12.3. The number of imidazole rings is 1. The Hall–Kier alpha value is -2.58. The first-order valence-electron chi connectivity index (χ1n) is 7.31. The number of benzene rings is 1. The zero-order chi connectivity index (χ0) is 18.0. The summed E-state index contributed by atoms with van der Waals surface area (Å²) in [6, 6.07) is 8.10. The summed E-state index contributed by atoms with van der Waals surface area (Å²) in [5, 5.41) is 3.48. The van der Waals surface area contributed by atoms with Crippen LogP contribution in [-0.4, -0.2) is 32.0 Å². The molecule has 0 saturated carbocycles. The molecule has 3 aromatic rings. The Bertz CT molecular complexity index is 941. The van der Waals surface area contributed by atoms with Crippen molar-refractivity contribution in [3.05, 3.63) is 47.1 Å². The molecule has 2 heterocycles. The Labute approximate surface area is 152 Å². The summed E-state index contributed by atoms with van der Waals surface area (Å²) in [6.45, 7) is 1.77. The van der Waals surface area contributed by atoms with Gasteiger partial charge in [-0.2, -0.15) is 0 Å². The van der Waals surface area contributed by atoms with Crippen molar-refractivity contribution < 1.29 is 9.59 Å². The minimum atomic E-state index is -0.514. The number of amides is 2. The van der Waals surface area contributed by atoms with Gasteiger partial charge in [-0.05, 0) is 37.3 Å². The molecule has 0 saturated heterocycles. The highest BCUT2D eigenvalue weighted by molar-refractivity contribution is 8.00. The van der Waals surface area contributed by atoms with E-state index in [4.69, 9.17) is 17.3 Å². The van der Waals surface area contributed by atoms with Gasteiger partial charge >= 0.3 is 0 Å². The van der Waals surface area contributed by atoms with Crippen molar-refractivity contribution in [2.24, 2.45) is 5.73 Å². The number of hydrogen-bond donors (Lipinski definition) is 3. The second-order valence-corrected chi connectivity index (χ2v) is 7.02. The first-order valence-corrected chi connectivity index (χ1v) is 8.57. The molecule has 2 aromatic heterocycles. The molecule has 0 fully saturated rings. The van der Waals surface area contributed by atoms with Crippen molar-refractivity contribution >= 4 is 52.0 Å². The van der Waals surface area contributed by atoms with Crippen molar-refractivity contribution in [2.45, 2.75) is 17.3 Å². The third-order valence-corrected chi connectivity index (χ3v) is 4.57. The normalized spacial score (nSPS) is 12.1. The van der Waals surface area contributed by atoms with Gasteiger partial charge in [-0.3, -0.25) is 9.59 Å². The Morgan fingerprint density at radius 3 is 2.72 bits per heavy atom. The van der Waals surface area contributed by atoms with Crippen LogP contribution in [0.4, 0.5) is 5.69 Å². The Morgan fingerprint density at radius 1 is 1.32 bits per heavy atom. The summed E-state index contributed by atoms with van der Waals surface area (Å²) in [6.07, 6.45) is 1.52. The second kappa shape index (κ2) is 7.12. The fraction of sp³-hybridized carbons (Fsp3) is 0.125. The number of halogens is 1. The Balaban J connectivity index is 1.66. The Morgan fingerprint density at radius 2 is 2.04 bits per heavy atom. The number of nitrogens with zero attached hydrogens (tertiary/aromatic N) is 2. The largest absolute Gasteiger partial charge is 0.366 e. The zero-order valence-electron chi connectivity index (χ0n) is 13.1. The number of thioether (sulfide) groups is 1. The van der Waals surface area contributed by atoms with Crippen LogP contribution in [0.2, 0.25) is 5.02 Å². The molecule has 1 aromatic carbocycles. The molecular formula is C16H14ClN5O2S. The van der Waals surface area contributed by atoms with E-state index in [2.05, 4.69) is 20.3 Å². The lowest BCUT2D eigenvalue weighted by molar-refractivity contribution is -0.115. The van der Waals surface area contributed by atoms with Gasteiger partial charge in [-0.25, -0.2) is 9.97 Å². The molecule has 0 radical (unpaired) electrons. The molecule has 25 heavy (non-hydrogen) atoms. The van der Waals surface area contributed by atoms with E-state index in [-0.39, 0.29) is 5.91 Å². The van der Waals surface area contributed by atoms with Gasteiger partial charge in [0.15, 0.2) is 10.8 Å². The lowest BCUT2D eigenvalue weighted by atomic mass is 10.2. The number of rotatable bonds is 5. The summed E-state index contributed by atoms with van der Waals surface area (Å²) in [5.41, 5.74) is 7.41. The number of aromatic nitrogens is 3. The summed E-state index contributed by atoms with van der Waals surface area (Å²) in [5.74, 6) is -0.705. The van der Waals surface area contributed by atoms with E-state index in [9.17, 15) is 9.59 Å². The van der Waals surface area contributed by atoms with Gasteiger partial charge in [-0.1, -0.05) is 23.4 Å². The molecule has 0 bridgehead atoms. The predicted octanol–water partition coefficient (Wildman–Crippen LogP) is 2.83. The minimum Gasteiger partial charge on any atom is -0.366 e. The van der Waals surface area contributed by atoms with Crippen LogP contribution in [0.25, 0.3) is 11.2 Å². The van der Waals surface area contributed by atoms with E-state index in [1.807, 2.05) is 0 Å². The molecule has 7 nitrogen and oxygen atoms in total. The molecule has 0 aliphatic carbocycles. The van der Waals surface area contributed by atoms with Gasteiger partial charge in [0.05, 0.1) is 15.8 Å². The topological polar surface area (TPSA) is 114 Å². The smallest absolute Gasteiger partial charge is 0.248 e. The lowest BCUT2D eigenvalue weighted by Crippen LogP contribution is -2.22. The predicted molar refractivity (Wildman–Crippen MR) is 97.8 cm³/mol. The average Bonchev–Trinajstić information content (AvgIpc) is 2.96. The number of nitrogens with one attached hydrogen (secondary N) is 2. The van der Waals surface area contributed by atoms with Crippen LogP contribution in [0, 0.1) is 0 Å². The second-order valence-electron chi connectivity index (χ2n) is 5.26. The number of hydrogen-bond acceptors (Lipinski definition) is 5. The van der Waals surface area contributed by atoms with Gasteiger partial charge in [-0.15, -0.1) is 0 Å². The molecule has 1 atom stereocenters. The standard InChI is InChI=1S/C16H14ClN5O2S/c1-8(15(24)20-11-4-2-9(3-5-11)13(18)23)25-16-21-12-6-10(17)7-19-14(12)22-16/h2-8H,1H3,(H2,18,23)(H,20,24)(H,19,21,22)/t8-/m1/s1. The Kier molecular flexibility index (Phi) is 4.91. The minimum absolute atomic E-state index is 0.191. The van der Waals surface area contributed by atoms with Crippen LogP contribution in [0.5, 0.6) is 0 Å². The molecule has 0 unspecified atom stereocenters. The van der Waals surface area contributed by atoms with Crippen LogP contribution >= 0.6 is 23.4 Å². The van der Waals surface area contributed by atoms with E-state index >= 15 is 0 Å². The van der Waals surface area contributed by atoms with Crippen LogP contribution in [-0.2, 0) is 4.79 Å². The lowest BCUT2D eigenvalue weighted by Gasteiger charge is -2.10. The highest BCUT2D eigenvalue weighted by Gasteiger charge is 2.17. The van der Waals surface area contributed by atoms with E-state index in [1.54, 1.807) is 37.3 Å². The highest BCUT2D eigenvalue weighted by atomic mass is 35.5. The highest BCUT2D eigenvalue weighted by Crippen LogP contribution is 2.24. The molecule has 3 rings (SSSR count). The van der Waals surface area contributed by atoms with Gasteiger partial charge in [0, 0.05) is 17.4 Å². The molecule has 128 valence electrons. The van der Waals surface area contributed by atoms with E-state index < -0.39 is 11.2 Å². The van der Waals surface area contributed by atoms with Crippen molar-refractivity contribution in [3.63, 3.8) is 0 Å². The number of primary amides is 1. The van der Waals surface area contributed by atoms with Gasteiger partial charge in [0.25, 0.3) is 0 Å². The fourth-order valence-corrected chi connectivity index (χ4v) is 3.06. The third-order valence-electron chi connectivity index (χ3n) is 3.38. The summed E-state index contributed by atoms with van der Waals surface area (Å²) in [4.78, 5) is 34.9. The van der Waals surface area contributed by atoms with E-state index in [0.717, 1.165) is 0 Å². The van der Waals surface area contributed by atoms with Crippen molar-refractivity contribution in [2.75, 3.05) is 5.32 Å². The van der Waals surface area contributed by atoms with Crippen LogP contribution < -0.4 is 11.1 Å². The molecule has 0 spiro atoms. The first-order chi connectivity index (χ1) is 11.9. The van der Waals surface area contributed by atoms with E-state index in [1.165, 1.54) is 18.0 Å². The van der Waals surface area contributed by atoms with E-state index in [0.29, 0.717) is 32.6 Å². The number of H-pyrrole nitrogens is 1. The van der Waals surface area contributed by atoms with Crippen molar-refractivity contribution in [3.8, 4) is 0 Å². The number of aromatic amines is 1. The maximum Gasteiger partial charge on any atom is 0.248 e. The number of anilines is 1. The molecule has 4 N–H and O–H groups in total. The first kappa shape index (κ1) is 17.2. The van der Waals surface area contributed by atoms with Crippen LogP contribution in [0.15, 0.2) is 41.7 Å². The molecule has 9 heteroatoms. The molecule has 0 aliphatic heterocycles. The number of fused-ring (bicyclic) bond motifs is 1. The molecule has 2 amide bonds. The fourth-order valence-electron chi connectivity index (χ4n) is 2.09. The third kappa shape index (κ3) is 4.09. The number of pyridine rings is 1. The number of nitrogens with two attached hydrogens (primary N) is 1. The monoisotopic (exact) mass is 375 g/mol. The maximum absolute atomic E-state index is 12.3. The zero-order valence-corrected chi connectivity index (χ0v) is 14.7. The summed E-state index contributed by atoms with van der Waals surface area (Å²) in [7, 11) is 0. The molecular weight excluding hydrogens is 362 g/mol. The SMILES string of the molecule is C[C@@H](Sc1nc2ncc(Cl)cc2[nH]1)C(=O)Nc1ccc(C(N)=O)cc1. The van der Waals surface area contributed by atoms with Gasteiger partial charge in [0.2, 0.25) is 11.8 Å². The number of carbonyl (C=O) groups is 2. The number of carbonyl (C=O) groups excluding carboxylic acids is 2. The summed E-state index contributed by atoms with van der Waals surface area (Å²) >= 11 is 7.17. The van der Waals surface area contributed by atoms with Crippen molar-refractivity contribution in [1.82, 2.24) is 15.0 Å².